The zero-order chi connectivity index (χ0) is 16.8. The number of hydrogen-bond donors (Lipinski definition) is 1. The van der Waals surface area contributed by atoms with E-state index in [1.165, 1.54) is 0 Å². The average Bonchev–Trinajstić information content (AvgIpc) is 3.09. The predicted octanol–water partition coefficient (Wildman–Crippen LogP) is 1.79. The summed E-state index contributed by atoms with van der Waals surface area (Å²) in [4.78, 5) is 20.3. The Morgan fingerprint density at radius 2 is 1.92 bits per heavy atom. The molecular weight excluding hydrogens is 308 g/mol. The Morgan fingerprint density at radius 3 is 2.62 bits per heavy atom. The molecule has 3 rings (SSSR count). The summed E-state index contributed by atoms with van der Waals surface area (Å²) in [5.74, 6) is 0.974. The summed E-state index contributed by atoms with van der Waals surface area (Å²) in [6.07, 6.45) is 10.6. The Labute approximate surface area is 141 Å². The van der Waals surface area contributed by atoms with Crippen LogP contribution in [0.25, 0.3) is 0 Å². The van der Waals surface area contributed by atoms with Gasteiger partial charge in [-0.3, -0.25) is 9.78 Å². The Kier molecular flexibility index (Phi) is 5.30. The van der Waals surface area contributed by atoms with E-state index in [4.69, 9.17) is 9.47 Å². The van der Waals surface area contributed by atoms with Gasteiger partial charge in [-0.15, -0.1) is 0 Å². The SMILES string of the molecule is COc1cncc(OC2CCC(NC(=O)Cn3cccc3)CC2)n1. The summed E-state index contributed by atoms with van der Waals surface area (Å²) in [7, 11) is 1.55. The summed E-state index contributed by atoms with van der Waals surface area (Å²) in [6.45, 7) is 0.364. The number of methoxy groups -OCH3 is 1. The number of amides is 1. The van der Waals surface area contributed by atoms with Crippen LogP contribution in [0.1, 0.15) is 25.7 Å². The lowest BCUT2D eigenvalue weighted by Gasteiger charge is -2.29. The van der Waals surface area contributed by atoms with Crippen molar-refractivity contribution in [3.8, 4) is 11.8 Å². The molecule has 0 atom stereocenters. The molecule has 24 heavy (non-hydrogen) atoms. The Hall–Kier alpha value is -2.57. The molecule has 1 aliphatic carbocycles. The van der Waals surface area contributed by atoms with Crippen molar-refractivity contribution in [3.63, 3.8) is 0 Å². The number of aromatic nitrogens is 3. The number of rotatable bonds is 6. The van der Waals surface area contributed by atoms with Crippen LogP contribution >= 0.6 is 0 Å². The van der Waals surface area contributed by atoms with Gasteiger partial charge in [0.25, 0.3) is 0 Å². The van der Waals surface area contributed by atoms with E-state index in [0.29, 0.717) is 18.3 Å². The molecule has 0 unspecified atom stereocenters. The highest BCUT2D eigenvalue weighted by atomic mass is 16.5. The second kappa shape index (κ2) is 7.81. The largest absolute Gasteiger partial charge is 0.480 e. The zero-order valence-corrected chi connectivity index (χ0v) is 13.7. The molecule has 2 aromatic heterocycles. The van der Waals surface area contributed by atoms with Gasteiger partial charge in [0.15, 0.2) is 0 Å². The summed E-state index contributed by atoms with van der Waals surface area (Å²) < 4.78 is 12.8. The van der Waals surface area contributed by atoms with Crippen LogP contribution in [0.3, 0.4) is 0 Å². The van der Waals surface area contributed by atoms with Crippen LogP contribution in [0.15, 0.2) is 36.9 Å². The molecule has 7 heteroatoms. The first kappa shape index (κ1) is 16.3. The van der Waals surface area contributed by atoms with Crippen molar-refractivity contribution in [3.05, 3.63) is 36.9 Å². The first-order chi connectivity index (χ1) is 11.7. The van der Waals surface area contributed by atoms with Crippen molar-refractivity contribution in [2.45, 2.75) is 44.4 Å². The minimum atomic E-state index is 0.0502. The maximum atomic E-state index is 12.0. The van der Waals surface area contributed by atoms with Crippen LogP contribution in [-0.4, -0.2) is 39.7 Å². The molecule has 0 radical (unpaired) electrons. The Balaban J connectivity index is 1.42. The van der Waals surface area contributed by atoms with Crippen molar-refractivity contribution in [1.82, 2.24) is 19.9 Å². The third kappa shape index (κ3) is 4.47. The van der Waals surface area contributed by atoms with Gasteiger partial charge in [0.05, 0.1) is 19.5 Å². The molecule has 0 spiro atoms. The first-order valence-electron chi connectivity index (χ1n) is 8.16. The Morgan fingerprint density at radius 1 is 1.21 bits per heavy atom. The van der Waals surface area contributed by atoms with E-state index in [9.17, 15) is 4.79 Å². The van der Waals surface area contributed by atoms with Crippen molar-refractivity contribution in [2.24, 2.45) is 0 Å². The molecular formula is C17H22N4O3. The molecule has 0 bridgehead atoms. The zero-order valence-electron chi connectivity index (χ0n) is 13.7. The van der Waals surface area contributed by atoms with Crippen molar-refractivity contribution in [2.75, 3.05) is 7.11 Å². The summed E-state index contributed by atoms with van der Waals surface area (Å²) >= 11 is 0. The molecule has 2 aromatic rings. The lowest BCUT2D eigenvalue weighted by Crippen LogP contribution is -2.41. The molecule has 1 aliphatic rings. The molecule has 2 heterocycles. The fourth-order valence-corrected chi connectivity index (χ4v) is 2.90. The van der Waals surface area contributed by atoms with Crippen LogP contribution in [0.4, 0.5) is 0 Å². The van der Waals surface area contributed by atoms with E-state index < -0.39 is 0 Å². The molecule has 0 saturated heterocycles. The van der Waals surface area contributed by atoms with Gasteiger partial charge in [-0.1, -0.05) is 0 Å². The second-order valence-corrected chi connectivity index (χ2v) is 5.91. The number of hydrogen-bond acceptors (Lipinski definition) is 5. The van der Waals surface area contributed by atoms with E-state index in [1.54, 1.807) is 19.5 Å². The fraction of sp³-hybridized carbons (Fsp3) is 0.471. The number of carbonyl (C=O) groups excluding carboxylic acids is 1. The van der Waals surface area contributed by atoms with Crippen LogP contribution in [0.2, 0.25) is 0 Å². The van der Waals surface area contributed by atoms with E-state index in [-0.39, 0.29) is 18.1 Å². The number of carbonyl (C=O) groups is 1. The number of ether oxygens (including phenoxy) is 2. The van der Waals surface area contributed by atoms with Crippen LogP contribution in [-0.2, 0) is 11.3 Å². The third-order valence-corrected chi connectivity index (χ3v) is 4.12. The number of nitrogens with zero attached hydrogens (tertiary/aromatic N) is 3. The number of nitrogens with one attached hydrogen (secondary N) is 1. The maximum absolute atomic E-state index is 12.0. The van der Waals surface area contributed by atoms with Gasteiger partial charge >= 0.3 is 0 Å². The van der Waals surface area contributed by atoms with Crippen LogP contribution in [0, 0.1) is 0 Å². The van der Waals surface area contributed by atoms with Gasteiger partial charge in [-0.05, 0) is 37.8 Å². The van der Waals surface area contributed by atoms with Crippen molar-refractivity contribution < 1.29 is 14.3 Å². The van der Waals surface area contributed by atoms with E-state index in [1.807, 2.05) is 29.1 Å². The smallest absolute Gasteiger partial charge is 0.240 e. The quantitative estimate of drug-likeness (QED) is 0.874. The lowest BCUT2D eigenvalue weighted by molar-refractivity contribution is -0.122. The highest BCUT2D eigenvalue weighted by Gasteiger charge is 2.24. The van der Waals surface area contributed by atoms with E-state index >= 15 is 0 Å². The third-order valence-electron chi connectivity index (χ3n) is 4.12. The van der Waals surface area contributed by atoms with Gasteiger partial charge < -0.3 is 19.4 Å². The first-order valence-corrected chi connectivity index (χ1v) is 8.16. The maximum Gasteiger partial charge on any atom is 0.240 e. The summed E-state index contributed by atoms with van der Waals surface area (Å²) in [6, 6.07) is 4.04. The molecule has 0 aromatic carbocycles. The fourth-order valence-electron chi connectivity index (χ4n) is 2.90. The van der Waals surface area contributed by atoms with Gasteiger partial charge in [0, 0.05) is 18.4 Å². The molecule has 1 N–H and O–H groups in total. The monoisotopic (exact) mass is 330 g/mol. The van der Waals surface area contributed by atoms with Gasteiger partial charge in [0.1, 0.15) is 12.6 Å². The molecule has 128 valence electrons. The minimum Gasteiger partial charge on any atom is -0.480 e. The molecule has 1 fully saturated rings. The molecule has 7 nitrogen and oxygen atoms in total. The normalized spacial score (nSPS) is 20.4. The molecule has 1 saturated carbocycles. The average molecular weight is 330 g/mol. The molecule has 1 amide bonds. The summed E-state index contributed by atoms with van der Waals surface area (Å²) in [5.41, 5.74) is 0. The minimum absolute atomic E-state index is 0.0502. The lowest BCUT2D eigenvalue weighted by atomic mass is 9.93. The second-order valence-electron chi connectivity index (χ2n) is 5.91. The Bertz CT molecular complexity index is 652. The van der Waals surface area contributed by atoms with E-state index in [2.05, 4.69) is 15.3 Å². The van der Waals surface area contributed by atoms with E-state index in [0.717, 1.165) is 25.7 Å². The van der Waals surface area contributed by atoms with Gasteiger partial charge in [-0.25, -0.2) is 0 Å². The van der Waals surface area contributed by atoms with Crippen LogP contribution in [0.5, 0.6) is 11.8 Å². The van der Waals surface area contributed by atoms with Gasteiger partial charge in [0.2, 0.25) is 17.7 Å². The molecule has 0 aliphatic heterocycles. The highest BCUT2D eigenvalue weighted by Crippen LogP contribution is 2.23. The summed E-state index contributed by atoms with van der Waals surface area (Å²) in [5, 5.41) is 3.10. The van der Waals surface area contributed by atoms with Gasteiger partial charge in [-0.2, -0.15) is 4.98 Å². The predicted molar refractivity (Wildman–Crippen MR) is 87.8 cm³/mol. The van der Waals surface area contributed by atoms with Crippen molar-refractivity contribution in [1.29, 1.82) is 0 Å². The standard InChI is InChI=1S/C17H22N4O3/c1-23-16-10-18-11-17(20-16)24-14-6-4-13(5-7-14)19-15(22)12-21-8-2-3-9-21/h2-3,8-11,13-14H,4-7,12H2,1H3,(H,19,22). The van der Waals surface area contributed by atoms with Crippen molar-refractivity contribution >= 4 is 5.91 Å². The topological polar surface area (TPSA) is 78.3 Å². The van der Waals surface area contributed by atoms with Crippen LogP contribution < -0.4 is 14.8 Å². The highest BCUT2D eigenvalue weighted by molar-refractivity contribution is 5.76.